The summed E-state index contributed by atoms with van der Waals surface area (Å²) >= 11 is 0. The first-order chi connectivity index (χ1) is 18.0. The van der Waals surface area contributed by atoms with E-state index >= 15 is 0 Å². The van der Waals surface area contributed by atoms with Gasteiger partial charge in [0.05, 0.1) is 54.3 Å². The molecule has 0 bridgehead atoms. The maximum atomic E-state index is 13.6. The van der Waals surface area contributed by atoms with E-state index in [0.29, 0.717) is 42.5 Å². The largest absolute Gasteiger partial charge is 0.377 e. The van der Waals surface area contributed by atoms with E-state index in [0.717, 1.165) is 35.6 Å². The van der Waals surface area contributed by atoms with Crippen molar-refractivity contribution in [3.8, 4) is 11.3 Å². The summed E-state index contributed by atoms with van der Waals surface area (Å²) in [6.07, 6.45) is 5.22. The standard InChI is InChI=1S/C27H28FN7O2/c1-33(2)15-19-16-37-10-9-34(19)18-3-6-24(29-12-18)32-22-5-4-20(21-13-31-27(36)26(21)22)23-14-30-25-11-17(28)7-8-35(23)25/h3-8,11-12,14,19H,9-10,13,15-16H2,1-2H3,(H,29,32)(H,31,36). The Morgan fingerprint density at radius 1 is 1.19 bits per heavy atom. The fraction of sp³-hybridized carbons (Fsp3) is 0.296. The molecule has 9 nitrogen and oxygen atoms in total. The smallest absolute Gasteiger partial charge is 0.254 e. The summed E-state index contributed by atoms with van der Waals surface area (Å²) in [5.74, 6) is 0.170. The summed E-state index contributed by atoms with van der Waals surface area (Å²) in [7, 11) is 4.13. The van der Waals surface area contributed by atoms with E-state index in [9.17, 15) is 9.18 Å². The molecule has 6 rings (SSSR count). The van der Waals surface area contributed by atoms with Gasteiger partial charge in [0.2, 0.25) is 0 Å². The molecule has 4 aromatic rings. The third kappa shape index (κ3) is 4.38. The molecule has 0 aliphatic carbocycles. The van der Waals surface area contributed by atoms with Gasteiger partial charge in [-0.3, -0.25) is 9.20 Å². The molecule has 1 fully saturated rings. The van der Waals surface area contributed by atoms with Gasteiger partial charge in [0.15, 0.2) is 0 Å². The highest BCUT2D eigenvalue weighted by Crippen LogP contribution is 2.35. The minimum atomic E-state index is -0.341. The lowest BCUT2D eigenvalue weighted by atomic mass is 9.99. The SMILES string of the molecule is CN(C)CC1COCCN1c1ccc(Nc2ccc(-c3cnc4cc(F)ccn34)c3c2C(=O)NC3)nc1. The van der Waals surface area contributed by atoms with Crippen LogP contribution in [-0.2, 0) is 11.3 Å². The molecule has 2 N–H and O–H groups in total. The van der Waals surface area contributed by atoms with Crippen LogP contribution in [0.15, 0.2) is 55.0 Å². The molecule has 190 valence electrons. The van der Waals surface area contributed by atoms with Gasteiger partial charge in [-0.05, 0) is 43.9 Å². The van der Waals surface area contributed by atoms with Gasteiger partial charge in [-0.1, -0.05) is 6.07 Å². The van der Waals surface area contributed by atoms with Gasteiger partial charge in [-0.2, -0.15) is 0 Å². The quantitative estimate of drug-likeness (QED) is 0.419. The van der Waals surface area contributed by atoms with Crippen LogP contribution >= 0.6 is 0 Å². The third-order valence-electron chi connectivity index (χ3n) is 6.86. The fourth-order valence-corrected chi connectivity index (χ4v) is 5.18. The van der Waals surface area contributed by atoms with Crippen molar-refractivity contribution in [2.24, 2.45) is 0 Å². The number of carbonyl (C=O) groups is 1. The number of hydrogen-bond acceptors (Lipinski definition) is 7. The van der Waals surface area contributed by atoms with Crippen molar-refractivity contribution in [2.75, 3.05) is 50.6 Å². The molecule has 3 aromatic heterocycles. The van der Waals surface area contributed by atoms with E-state index in [2.05, 4.69) is 50.6 Å². The summed E-state index contributed by atoms with van der Waals surface area (Å²) in [5.41, 5.74) is 5.38. The molecule has 2 aliphatic heterocycles. The number of carbonyl (C=O) groups excluding carboxylic acids is 1. The van der Waals surface area contributed by atoms with Crippen LogP contribution in [0.5, 0.6) is 0 Å². The van der Waals surface area contributed by atoms with Crippen LogP contribution in [0.25, 0.3) is 16.9 Å². The Hall–Kier alpha value is -4.02. The van der Waals surface area contributed by atoms with E-state index in [-0.39, 0.29) is 17.8 Å². The lowest BCUT2D eigenvalue weighted by Gasteiger charge is -2.38. The molecule has 1 atom stereocenters. The zero-order valence-electron chi connectivity index (χ0n) is 20.7. The van der Waals surface area contributed by atoms with Gasteiger partial charge < -0.3 is 25.2 Å². The van der Waals surface area contributed by atoms with Gasteiger partial charge in [0, 0.05) is 37.5 Å². The first-order valence-electron chi connectivity index (χ1n) is 12.3. The molecule has 1 saturated heterocycles. The zero-order valence-corrected chi connectivity index (χ0v) is 20.7. The highest BCUT2D eigenvalue weighted by molar-refractivity contribution is 6.06. The predicted octanol–water partition coefficient (Wildman–Crippen LogP) is 3.29. The number of amides is 1. The number of rotatable bonds is 6. The number of benzene rings is 1. The Bertz CT molecular complexity index is 1470. The van der Waals surface area contributed by atoms with E-state index in [4.69, 9.17) is 4.74 Å². The van der Waals surface area contributed by atoms with Crippen molar-refractivity contribution in [1.29, 1.82) is 0 Å². The number of aromatic nitrogens is 3. The van der Waals surface area contributed by atoms with Crippen LogP contribution in [0, 0.1) is 5.82 Å². The third-order valence-corrected chi connectivity index (χ3v) is 6.86. The predicted molar refractivity (Wildman–Crippen MR) is 140 cm³/mol. The summed E-state index contributed by atoms with van der Waals surface area (Å²) in [4.78, 5) is 26.3. The van der Waals surface area contributed by atoms with Crippen molar-refractivity contribution < 1.29 is 13.9 Å². The number of morpholine rings is 1. The molecule has 0 radical (unpaired) electrons. The highest BCUT2D eigenvalue weighted by atomic mass is 19.1. The van der Waals surface area contributed by atoms with E-state index in [1.54, 1.807) is 12.4 Å². The normalized spacial score (nSPS) is 17.4. The molecule has 1 aromatic carbocycles. The molecule has 37 heavy (non-hydrogen) atoms. The second-order valence-corrected chi connectivity index (χ2v) is 9.62. The van der Waals surface area contributed by atoms with E-state index in [1.165, 1.54) is 12.1 Å². The minimum Gasteiger partial charge on any atom is -0.377 e. The van der Waals surface area contributed by atoms with Gasteiger partial charge in [0.1, 0.15) is 17.3 Å². The van der Waals surface area contributed by atoms with Crippen molar-refractivity contribution in [3.63, 3.8) is 0 Å². The maximum absolute atomic E-state index is 13.6. The highest BCUT2D eigenvalue weighted by Gasteiger charge is 2.28. The first-order valence-corrected chi connectivity index (χ1v) is 12.3. The van der Waals surface area contributed by atoms with Gasteiger partial charge >= 0.3 is 0 Å². The molecule has 10 heteroatoms. The molecule has 1 amide bonds. The van der Waals surface area contributed by atoms with E-state index < -0.39 is 0 Å². The number of fused-ring (bicyclic) bond motifs is 2. The molecule has 1 unspecified atom stereocenters. The Morgan fingerprint density at radius 2 is 2.08 bits per heavy atom. The molecule has 0 spiro atoms. The first kappa shape index (κ1) is 23.4. The number of nitrogens with one attached hydrogen (secondary N) is 2. The molecule has 2 aliphatic rings. The number of nitrogens with zero attached hydrogens (tertiary/aromatic N) is 5. The summed E-state index contributed by atoms with van der Waals surface area (Å²) in [6.45, 7) is 3.50. The Kier molecular flexibility index (Phi) is 5.97. The van der Waals surface area contributed by atoms with Crippen LogP contribution in [0.2, 0.25) is 0 Å². The van der Waals surface area contributed by atoms with Crippen LogP contribution in [-0.4, -0.2) is 71.6 Å². The van der Waals surface area contributed by atoms with Crippen molar-refractivity contribution >= 4 is 28.7 Å². The van der Waals surface area contributed by atoms with E-state index in [1.807, 2.05) is 28.8 Å². The molecular formula is C27H28FN7O2. The number of hydrogen-bond donors (Lipinski definition) is 2. The lowest BCUT2D eigenvalue weighted by molar-refractivity contribution is 0.0854. The minimum absolute atomic E-state index is 0.143. The topological polar surface area (TPSA) is 87.0 Å². The number of halogens is 1. The second-order valence-electron chi connectivity index (χ2n) is 9.62. The molecule has 5 heterocycles. The number of likely N-dealkylation sites (N-methyl/N-ethyl adjacent to an activating group) is 1. The average molecular weight is 502 g/mol. The Morgan fingerprint density at radius 3 is 2.89 bits per heavy atom. The van der Waals surface area contributed by atoms with Crippen LogP contribution in [0.3, 0.4) is 0 Å². The van der Waals surface area contributed by atoms with Gasteiger partial charge in [0.25, 0.3) is 5.91 Å². The average Bonchev–Trinajstić information content (AvgIpc) is 3.48. The van der Waals surface area contributed by atoms with Crippen molar-refractivity contribution in [1.82, 2.24) is 24.6 Å². The van der Waals surface area contributed by atoms with Crippen LogP contribution in [0.1, 0.15) is 15.9 Å². The summed E-state index contributed by atoms with van der Waals surface area (Å²) < 4.78 is 21.2. The van der Waals surface area contributed by atoms with Gasteiger partial charge in [-0.25, -0.2) is 14.4 Å². The number of anilines is 3. The van der Waals surface area contributed by atoms with Gasteiger partial charge in [-0.15, -0.1) is 0 Å². The summed E-state index contributed by atoms with van der Waals surface area (Å²) in [5, 5.41) is 6.26. The van der Waals surface area contributed by atoms with Crippen LogP contribution < -0.4 is 15.5 Å². The number of pyridine rings is 2. The second kappa shape index (κ2) is 9.45. The molecule has 0 saturated carbocycles. The van der Waals surface area contributed by atoms with Crippen LogP contribution in [0.4, 0.5) is 21.6 Å². The maximum Gasteiger partial charge on any atom is 0.254 e. The van der Waals surface area contributed by atoms with Crippen molar-refractivity contribution in [3.05, 3.63) is 71.9 Å². The zero-order chi connectivity index (χ0) is 25.5. The molecular weight excluding hydrogens is 473 g/mol. The summed E-state index contributed by atoms with van der Waals surface area (Å²) in [6, 6.07) is 10.9. The lowest BCUT2D eigenvalue weighted by Crippen LogP contribution is -2.50. The number of ether oxygens (including phenoxy) is 1. The fourth-order valence-electron chi connectivity index (χ4n) is 5.18. The van der Waals surface area contributed by atoms with Crippen molar-refractivity contribution in [2.45, 2.75) is 12.6 Å². The number of imidazole rings is 1. The Labute approximate surface area is 213 Å². The Balaban J connectivity index is 1.28. The monoisotopic (exact) mass is 501 g/mol.